The first-order chi connectivity index (χ1) is 14.8. The molecular formula is C23H23Cl2N5O. The zero-order valence-corrected chi connectivity index (χ0v) is 19.0. The van der Waals surface area contributed by atoms with Gasteiger partial charge in [0.1, 0.15) is 0 Å². The van der Waals surface area contributed by atoms with Gasteiger partial charge >= 0.3 is 0 Å². The maximum absolute atomic E-state index is 12.8. The maximum atomic E-state index is 12.8. The molecule has 0 aliphatic carbocycles. The van der Waals surface area contributed by atoms with Crippen molar-refractivity contribution in [1.82, 2.24) is 9.55 Å². The van der Waals surface area contributed by atoms with E-state index < -0.39 is 6.17 Å². The van der Waals surface area contributed by atoms with E-state index in [0.717, 1.165) is 12.0 Å². The number of hydrogen-bond donors (Lipinski definition) is 2. The number of aryl methyl sites for hydroxylation is 1. The molecule has 1 aliphatic rings. The molecule has 3 aromatic rings. The number of fused-ring (bicyclic) bond motifs is 1. The van der Waals surface area contributed by atoms with Gasteiger partial charge in [-0.3, -0.25) is 14.7 Å². The average molecular weight is 456 g/mol. The highest BCUT2D eigenvalue weighted by Crippen LogP contribution is 2.31. The second-order valence-corrected chi connectivity index (χ2v) is 8.76. The minimum atomic E-state index is -0.564. The fourth-order valence-electron chi connectivity index (χ4n) is 3.56. The summed E-state index contributed by atoms with van der Waals surface area (Å²) in [5.74, 6) is 1.41. The van der Waals surface area contributed by atoms with E-state index in [4.69, 9.17) is 28.2 Å². The summed E-state index contributed by atoms with van der Waals surface area (Å²) in [5.41, 5.74) is 3.19. The molecular weight excluding hydrogens is 433 g/mol. The third kappa shape index (κ3) is 4.60. The summed E-state index contributed by atoms with van der Waals surface area (Å²) >= 11 is 12.5. The van der Waals surface area contributed by atoms with Crippen molar-refractivity contribution in [2.45, 2.75) is 33.4 Å². The first-order valence-electron chi connectivity index (χ1n) is 10.1. The molecule has 1 atom stereocenters. The van der Waals surface area contributed by atoms with Crippen LogP contribution in [0.1, 0.15) is 36.8 Å². The van der Waals surface area contributed by atoms with Crippen LogP contribution in [0.4, 0.5) is 11.6 Å². The molecule has 2 heterocycles. The zero-order valence-electron chi connectivity index (χ0n) is 17.5. The Morgan fingerprint density at radius 1 is 1.16 bits per heavy atom. The number of nitrogens with zero attached hydrogens (tertiary/aromatic N) is 3. The molecule has 2 N–H and O–H groups in total. The van der Waals surface area contributed by atoms with Gasteiger partial charge in [0.05, 0.1) is 15.7 Å². The lowest BCUT2D eigenvalue weighted by atomic mass is 10.0. The van der Waals surface area contributed by atoms with Crippen LogP contribution in [0, 0.1) is 12.8 Å². The Morgan fingerprint density at radius 2 is 1.90 bits per heavy atom. The van der Waals surface area contributed by atoms with Gasteiger partial charge in [0.15, 0.2) is 6.17 Å². The van der Waals surface area contributed by atoms with Gasteiger partial charge in [-0.1, -0.05) is 67.4 Å². The fraction of sp³-hybridized carbons (Fsp3) is 0.261. The highest BCUT2D eigenvalue weighted by Gasteiger charge is 2.25. The Bertz CT molecular complexity index is 1200. The van der Waals surface area contributed by atoms with E-state index in [1.54, 1.807) is 29.7 Å². The van der Waals surface area contributed by atoms with E-state index in [1.807, 2.05) is 12.1 Å². The molecule has 1 aromatic heterocycles. The molecule has 0 radical (unpaired) electrons. The van der Waals surface area contributed by atoms with Gasteiger partial charge in [-0.2, -0.15) is 0 Å². The Morgan fingerprint density at radius 3 is 2.61 bits per heavy atom. The molecule has 4 rings (SSSR count). The molecule has 6 nitrogen and oxygen atoms in total. The molecule has 0 saturated heterocycles. The standard InChI is InChI=1S/C23H23Cl2N5O/c1-13(2)11-15-7-9-16(10-8-15)21-28-22(27-18-6-4-5-17(24)20(18)25)29-23-26-14(3)12-19(31)30(21)23/h4-10,12-13,21H,11H2,1-3H3,(H2,26,27,28,29). The van der Waals surface area contributed by atoms with Crippen molar-refractivity contribution in [3.05, 3.63) is 85.8 Å². The molecule has 0 amide bonds. The zero-order chi connectivity index (χ0) is 22.1. The van der Waals surface area contributed by atoms with Crippen LogP contribution in [-0.2, 0) is 6.42 Å². The van der Waals surface area contributed by atoms with Gasteiger partial charge in [0.2, 0.25) is 11.9 Å². The Labute approximate surface area is 191 Å². The minimum absolute atomic E-state index is 0.171. The summed E-state index contributed by atoms with van der Waals surface area (Å²) < 4.78 is 1.55. The van der Waals surface area contributed by atoms with Crippen molar-refractivity contribution in [2.24, 2.45) is 10.9 Å². The molecule has 1 aliphatic heterocycles. The summed E-state index contributed by atoms with van der Waals surface area (Å²) in [4.78, 5) is 22.1. The fourth-order valence-corrected chi connectivity index (χ4v) is 3.91. The van der Waals surface area contributed by atoms with E-state index in [-0.39, 0.29) is 5.56 Å². The van der Waals surface area contributed by atoms with Crippen molar-refractivity contribution >= 4 is 40.8 Å². The second-order valence-electron chi connectivity index (χ2n) is 7.97. The summed E-state index contributed by atoms with van der Waals surface area (Å²) in [5, 5.41) is 7.10. The van der Waals surface area contributed by atoms with Crippen molar-refractivity contribution in [3.63, 3.8) is 0 Å². The molecule has 1 unspecified atom stereocenters. The number of benzene rings is 2. The first-order valence-corrected chi connectivity index (χ1v) is 10.8. The van der Waals surface area contributed by atoms with Gasteiger partial charge in [-0.15, -0.1) is 0 Å². The molecule has 0 spiro atoms. The van der Waals surface area contributed by atoms with Crippen LogP contribution >= 0.6 is 23.2 Å². The number of anilines is 2. The molecule has 0 fully saturated rings. The van der Waals surface area contributed by atoms with Crippen molar-refractivity contribution in [2.75, 3.05) is 10.6 Å². The minimum Gasteiger partial charge on any atom is -0.325 e. The number of aromatic nitrogens is 2. The smallest absolute Gasteiger partial charge is 0.257 e. The van der Waals surface area contributed by atoms with Crippen LogP contribution in [0.2, 0.25) is 10.0 Å². The highest BCUT2D eigenvalue weighted by atomic mass is 35.5. The van der Waals surface area contributed by atoms with Crippen LogP contribution in [-0.4, -0.2) is 15.5 Å². The maximum Gasteiger partial charge on any atom is 0.257 e. The Hall–Kier alpha value is -2.83. The van der Waals surface area contributed by atoms with E-state index in [0.29, 0.717) is 39.3 Å². The average Bonchev–Trinajstić information content (AvgIpc) is 2.70. The van der Waals surface area contributed by atoms with Gasteiger partial charge < -0.3 is 5.32 Å². The highest BCUT2D eigenvalue weighted by molar-refractivity contribution is 6.44. The van der Waals surface area contributed by atoms with Gasteiger partial charge in [-0.25, -0.2) is 9.98 Å². The number of guanidine groups is 1. The largest absolute Gasteiger partial charge is 0.325 e. The molecule has 2 aromatic carbocycles. The number of rotatable bonds is 4. The van der Waals surface area contributed by atoms with E-state index in [1.165, 1.54) is 11.6 Å². The molecule has 0 bridgehead atoms. The number of hydrogen-bond acceptors (Lipinski definition) is 5. The monoisotopic (exact) mass is 455 g/mol. The normalized spacial score (nSPS) is 15.3. The van der Waals surface area contributed by atoms with Gasteiger partial charge in [0, 0.05) is 11.8 Å². The van der Waals surface area contributed by atoms with E-state index in [2.05, 4.69) is 41.6 Å². The number of nitrogens with one attached hydrogen (secondary N) is 2. The van der Waals surface area contributed by atoms with Crippen molar-refractivity contribution in [1.29, 1.82) is 0 Å². The van der Waals surface area contributed by atoms with Crippen LogP contribution in [0.5, 0.6) is 0 Å². The molecule has 160 valence electrons. The third-order valence-corrected chi connectivity index (χ3v) is 5.75. The number of aliphatic imine (C=N–C) groups is 1. The van der Waals surface area contributed by atoms with Gasteiger partial charge in [0.25, 0.3) is 5.56 Å². The lowest BCUT2D eigenvalue weighted by Gasteiger charge is -2.27. The van der Waals surface area contributed by atoms with Gasteiger partial charge in [-0.05, 0) is 42.5 Å². The predicted octanol–water partition coefficient (Wildman–Crippen LogP) is 5.50. The van der Waals surface area contributed by atoms with Crippen LogP contribution in [0.25, 0.3) is 0 Å². The van der Waals surface area contributed by atoms with Crippen molar-refractivity contribution < 1.29 is 0 Å². The van der Waals surface area contributed by atoms with Crippen molar-refractivity contribution in [3.8, 4) is 0 Å². The molecule has 8 heteroatoms. The lowest BCUT2D eigenvalue weighted by Crippen LogP contribution is -2.37. The topological polar surface area (TPSA) is 71.3 Å². The summed E-state index contributed by atoms with van der Waals surface area (Å²) in [6.45, 7) is 6.16. The number of halogens is 2. The molecule has 31 heavy (non-hydrogen) atoms. The predicted molar refractivity (Wildman–Crippen MR) is 127 cm³/mol. The third-order valence-electron chi connectivity index (χ3n) is 4.93. The van der Waals surface area contributed by atoms with Crippen LogP contribution in [0.15, 0.2) is 58.3 Å². The van der Waals surface area contributed by atoms with E-state index in [9.17, 15) is 4.79 Å². The lowest BCUT2D eigenvalue weighted by molar-refractivity contribution is 0.576. The summed E-state index contributed by atoms with van der Waals surface area (Å²) in [6, 6.07) is 15.0. The second kappa shape index (κ2) is 8.73. The summed E-state index contributed by atoms with van der Waals surface area (Å²) in [7, 11) is 0. The van der Waals surface area contributed by atoms with Crippen LogP contribution in [0.3, 0.4) is 0 Å². The molecule has 0 saturated carbocycles. The Kier molecular flexibility index (Phi) is 6.03. The quantitative estimate of drug-likeness (QED) is 0.544. The van der Waals surface area contributed by atoms with Crippen LogP contribution < -0.4 is 16.2 Å². The summed E-state index contributed by atoms with van der Waals surface area (Å²) in [6.07, 6.45) is 0.429. The first kappa shape index (κ1) is 21.4. The SMILES string of the molecule is Cc1cc(=O)n2c(n1)NC(Nc1cccc(Cl)c1Cl)=NC2c1ccc(CC(C)C)cc1. The van der Waals surface area contributed by atoms with E-state index >= 15 is 0 Å². The Balaban J connectivity index is 1.75.